The number of rotatable bonds is 26. The van der Waals surface area contributed by atoms with Crippen molar-refractivity contribution in [2.24, 2.45) is 0 Å². The van der Waals surface area contributed by atoms with Gasteiger partial charge in [-0.2, -0.15) is 0 Å². The smallest absolute Gasteiger partial charge is 0.333 e. The molecule has 52 heavy (non-hydrogen) atoms. The van der Waals surface area contributed by atoms with Crippen LogP contribution in [0.2, 0.25) is 0 Å². The van der Waals surface area contributed by atoms with Crippen LogP contribution in [-0.2, 0) is 38.0 Å². The van der Waals surface area contributed by atoms with Crippen LogP contribution in [0.4, 0.5) is 0 Å². The fourth-order valence-electron chi connectivity index (χ4n) is 10.8. The molecule has 0 N–H and O–H groups in total. The Morgan fingerprint density at radius 2 is 0.788 bits per heavy atom. The molecule has 7 fully saturated rings. The van der Waals surface area contributed by atoms with Crippen LogP contribution in [-0.4, -0.2) is 84.8 Å². The van der Waals surface area contributed by atoms with E-state index in [1.165, 1.54) is 57.8 Å². The SMILES string of the molecule is C=C(C)C(=O)OC12CC3(OCCCCCCC4(C)CCO4)CC(OCCCCCCC4(C)CCO4)(CC(OCCCCCCC4(C)CCO4)(C3)C1)C2. The highest BCUT2D eigenvalue weighted by Crippen LogP contribution is 2.65. The van der Waals surface area contributed by atoms with Gasteiger partial charge in [0.2, 0.25) is 0 Å². The van der Waals surface area contributed by atoms with Crippen molar-refractivity contribution < 1.29 is 38.0 Å². The number of carbonyl (C=O) groups excluding carboxylic acids is 1. The van der Waals surface area contributed by atoms with Crippen LogP contribution >= 0.6 is 0 Å². The first-order valence-corrected chi connectivity index (χ1v) is 21.5. The molecule has 7 rings (SSSR count). The van der Waals surface area contributed by atoms with E-state index in [1.54, 1.807) is 6.92 Å². The molecule has 298 valence electrons. The maximum absolute atomic E-state index is 13.2. The Morgan fingerprint density at radius 3 is 1.06 bits per heavy atom. The molecular weight excluding hydrogens is 656 g/mol. The lowest BCUT2D eigenvalue weighted by molar-refractivity contribution is -0.327. The van der Waals surface area contributed by atoms with Crippen molar-refractivity contribution in [1.29, 1.82) is 0 Å². The monoisotopic (exact) mass is 731 g/mol. The van der Waals surface area contributed by atoms with E-state index in [0.717, 1.165) is 117 Å². The van der Waals surface area contributed by atoms with Crippen LogP contribution in [0.25, 0.3) is 0 Å². The predicted molar refractivity (Wildman–Crippen MR) is 204 cm³/mol. The van der Waals surface area contributed by atoms with Gasteiger partial charge in [-0.15, -0.1) is 0 Å². The van der Waals surface area contributed by atoms with Gasteiger partial charge in [-0.3, -0.25) is 0 Å². The van der Waals surface area contributed by atoms with Crippen molar-refractivity contribution in [3.05, 3.63) is 12.2 Å². The summed E-state index contributed by atoms with van der Waals surface area (Å²) in [5.74, 6) is -0.306. The minimum absolute atomic E-state index is 0.112. The van der Waals surface area contributed by atoms with Crippen molar-refractivity contribution in [3.63, 3.8) is 0 Å². The molecule has 4 saturated carbocycles. The molecule has 4 bridgehead atoms. The topological polar surface area (TPSA) is 81.7 Å². The van der Waals surface area contributed by atoms with Crippen molar-refractivity contribution in [1.82, 2.24) is 0 Å². The average Bonchev–Trinajstić information content (AvgIpc) is 3.03. The third kappa shape index (κ3) is 10.4. The second-order valence-corrected chi connectivity index (χ2v) is 19.1. The van der Waals surface area contributed by atoms with E-state index in [-0.39, 0.29) is 22.8 Å². The Bertz CT molecular complexity index is 1050. The largest absolute Gasteiger partial charge is 0.455 e. The third-order valence-electron chi connectivity index (χ3n) is 13.8. The second-order valence-electron chi connectivity index (χ2n) is 19.1. The molecule has 3 unspecified atom stereocenters. The van der Waals surface area contributed by atoms with E-state index in [2.05, 4.69) is 27.4 Å². The summed E-state index contributed by atoms with van der Waals surface area (Å²) in [6.45, 7) is 17.3. The minimum atomic E-state index is -0.667. The fourth-order valence-corrected chi connectivity index (χ4v) is 10.8. The molecule has 4 aliphatic carbocycles. The van der Waals surface area contributed by atoms with Gasteiger partial charge in [0.15, 0.2) is 0 Å². The predicted octanol–water partition coefficient (Wildman–Crippen LogP) is 9.88. The Kier molecular flexibility index (Phi) is 13.3. The number of ether oxygens (including phenoxy) is 7. The van der Waals surface area contributed by atoms with Crippen molar-refractivity contribution in [3.8, 4) is 0 Å². The van der Waals surface area contributed by atoms with Crippen molar-refractivity contribution >= 4 is 5.97 Å². The molecular formula is C44H74O8. The maximum atomic E-state index is 13.2. The van der Waals surface area contributed by atoms with Gasteiger partial charge in [0.05, 0.1) is 53.4 Å². The summed E-state index contributed by atoms with van der Waals surface area (Å²) in [6, 6.07) is 0. The van der Waals surface area contributed by atoms with Crippen LogP contribution in [0.3, 0.4) is 0 Å². The number of unbranched alkanes of at least 4 members (excludes halogenated alkanes) is 9. The average molecular weight is 731 g/mol. The molecule has 0 aromatic rings. The molecule has 3 heterocycles. The molecule has 3 atom stereocenters. The summed E-state index contributed by atoms with van der Waals surface area (Å²) in [5, 5.41) is 0. The molecule has 0 aromatic heterocycles. The van der Waals surface area contributed by atoms with Crippen LogP contribution in [0.5, 0.6) is 0 Å². The van der Waals surface area contributed by atoms with Gasteiger partial charge >= 0.3 is 5.97 Å². The highest BCUT2D eigenvalue weighted by atomic mass is 16.6. The van der Waals surface area contributed by atoms with E-state index in [9.17, 15) is 4.79 Å². The zero-order valence-corrected chi connectivity index (χ0v) is 33.7. The van der Waals surface area contributed by atoms with Crippen molar-refractivity contribution in [2.45, 2.75) is 221 Å². The van der Waals surface area contributed by atoms with Gasteiger partial charge in [0.1, 0.15) is 5.60 Å². The second kappa shape index (κ2) is 17.0. The van der Waals surface area contributed by atoms with Gasteiger partial charge in [-0.05, 0) is 85.5 Å². The number of hydrogen-bond donors (Lipinski definition) is 0. The molecule has 0 radical (unpaired) electrons. The molecule has 0 aromatic carbocycles. The molecule has 0 spiro atoms. The van der Waals surface area contributed by atoms with Crippen molar-refractivity contribution in [2.75, 3.05) is 39.6 Å². The van der Waals surface area contributed by atoms with Crippen LogP contribution < -0.4 is 0 Å². The normalized spacial score (nSPS) is 38.8. The Morgan fingerprint density at radius 1 is 0.500 bits per heavy atom. The van der Waals surface area contributed by atoms with Gasteiger partial charge in [0.25, 0.3) is 0 Å². The van der Waals surface area contributed by atoms with E-state index in [1.807, 2.05) is 0 Å². The van der Waals surface area contributed by atoms with E-state index >= 15 is 0 Å². The first-order chi connectivity index (χ1) is 24.8. The Balaban J connectivity index is 1.07. The zero-order valence-electron chi connectivity index (χ0n) is 33.7. The minimum Gasteiger partial charge on any atom is -0.455 e. The molecule has 7 aliphatic rings. The highest BCUT2D eigenvalue weighted by molar-refractivity contribution is 5.87. The van der Waals surface area contributed by atoms with Gasteiger partial charge in [0, 0.05) is 63.9 Å². The lowest BCUT2D eigenvalue weighted by Crippen LogP contribution is -2.74. The van der Waals surface area contributed by atoms with E-state index in [0.29, 0.717) is 24.8 Å². The van der Waals surface area contributed by atoms with Gasteiger partial charge < -0.3 is 33.2 Å². The van der Waals surface area contributed by atoms with Crippen LogP contribution in [0, 0.1) is 0 Å². The Labute approximate surface area is 316 Å². The molecule has 8 heteroatoms. The highest BCUT2D eigenvalue weighted by Gasteiger charge is 2.72. The number of hydrogen-bond acceptors (Lipinski definition) is 8. The first-order valence-electron chi connectivity index (χ1n) is 21.5. The fraction of sp³-hybridized carbons (Fsp3) is 0.932. The quantitative estimate of drug-likeness (QED) is 0.0495. The lowest BCUT2D eigenvalue weighted by Gasteiger charge is -2.68. The first kappa shape index (κ1) is 40.6. The standard InChI is InChI=1S/C44H74O8/c1-36(2)37(45)52-44-33-41(49-24-15-9-6-12-18-38(3)21-27-46-38)30-42(34-44,50-25-16-10-7-13-19-39(4)22-28-47-39)32-43(31-41,35-44)51-26-17-11-8-14-20-40(5)23-29-48-40/h1,6-35H2,2-5H3. The molecule has 3 saturated heterocycles. The van der Waals surface area contributed by atoms with Crippen LogP contribution in [0.15, 0.2) is 12.2 Å². The van der Waals surface area contributed by atoms with E-state index < -0.39 is 22.4 Å². The lowest BCUT2D eigenvalue weighted by atomic mass is 9.48. The van der Waals surface area contributed by atoms with Gasteiger partial charge in [-0.1, -0.05) is 64.4 Å². The van der Waals surface area contributed by atoms with Gasteiger partial charge in [-0.25, -0.2) is 4.79 Å². The third-order valence-corrected chi connectivity index (χ3v) is 13.8. The maximum Gasteiger partial charge on any atom is 0.333 e. The van der Waals surface area contributed by atoms with Crippen LogP contribution in [0.1, 0.15) is 182 Å². The summed E-state index contributed by atoms with van der Waals surface area (Å²) in [4.78, 5) is 13.2. The summed E-state index contributed by atoms with van der Waals surface area (Å²) in [7, 11) is 0. The Hall–Kier alpha value is -1.03. The molecule has 8 nitrogen and oxygen atoms in total. The molecule has 3 aliphatic heterocycles. The summed E-state index contributed by atoms with van der Waals surface area (Å²) in [6.07, 6.45) is 25.5. The zero-order chi connectivity index (χ0) is 36.8. The summed E-state index contributed by atoms with van der Waals surface area (Å²) < 4.78 is 45.0. The summed E-state index contributed by atoms with van der Waals surface area (Å²) in [5.41, 5.74) is -1.16. The molecule has 0 amide bonds. The van der Waals surface area contributed by atoms with E-state index in [4.69, 9.17) is 33.2 Å². The number of carbonyl (C=O) groups is 1. The summed E-state index contributed by atoms with van der Waals surface area (Å²) >= 11 is 0. The number of esters is 1.